The Labute approximate surface area is 244 Å². The van der Waals surface area contributed by atoms with Gasteiger partial charge in [-0.2, -0.15) is 0 Å². The molecule has 0 aromatic heterocycles. The van der Waals surface area contributed by atoms with Gasteiger partial charge in [0.15, 0.2) is 0 Å². The van der Waals surface area contributed by atoms with Crippen molar-refractivity contribution < 1.29 is 71.1 Å². The normalized spacial score (nSPS) is 24.9. The van der Waals surface area contributed by atoms with Gasteiger partial charge in [0.25, 0.3) is 11.8 Å². The van der Waals surface area contributed by atoms with Gasteiger partial charge in [-0.15, -0.1) is 0 Å². The molecule has 3 aliphatic rings. The number of hydrogen-bond acceptors (Lipinski definition) is 10. The van der Waals surface area contributed by atoms with Crippen molar-refractivity contribution in [2.45, 2.75) is 37.6 Å². The molecule has 5 N–H and O–H groups in total. The zero-order valence-corrected chi connectivity index (χ0v) is 19.6. The van der Waals surface area contributed by atoms with Gasteiger partial charge in [0.2, 0.25) is 11.8 Å². The highest BCUT2D eigenvalue weighted by atomic mass is 16.6. The maximum absolute atomic E-state index is 12.6. The maximum Gasteiger partial charge on any atom is 0.346 e. The molecule has 40 heavy (non-hydrogen) atoms. The number of nitrogens with zero attached hydrogens (tertiary/aromatic N) is 1. The standard InChI is InChI=1S/C13H10N2O4.C8H4O3.C5H9NO4/c16-10-6-5-9(11(17)14-10)15-12(18)7-3-1-2-4-8(7)13(15)19;9-7-5-3-1-2-4-6(5)8(10)11-7;6-3(5(9)10)1-2-4(7)8/h1-4,9H,5-6H2,(H,14,16,17);1-4H;3H,1-2,6H2,(H,7,8)(H,9,10)/i1D,2D,3D,4D,6D2;1D,2D,3D,4D;2D2,3D. The number of amides is 4. The number of cyclic esters (lactones) is 2. The van der Waals surface area contributed by atoms with Crippen LogP contribution in [0.2, 0.25) is 0 Å². The molecule has 0 saturated carbocycles. The Balaban J connectivity index is 0.000000232. The number of carboxylic acid groups (broad SMARTS) is 2. The van der Waals surface area contributed by atoms with Crippen LogP contribution in [0, 0.1) is 0 Å². The zero-order chi connectivity index (χ0) is 41.0. The molecule has 2 atom stereocenters. The predicted molar refractivity (Wildman–Crippen MR) is 132 cm³/mol. The number of rotatable bonds is 5. The van der Waals surface area contributed by atoms with E-state index in [1.54, 1.807) is 5.32 Å². The largest absolute Gasteiger partial charge is 0.481 e. The number of carboxylic acids is 2. The molecule has 3 aliphatic heterocycles. The Morgan fingerprint density at radius 1 is 1.00 bits per heavy atom. The summed E-state index contributed by atoms with van der Waals surface area (Å²) in [5, 5.41) is 18.3. The van der Waals surface area contributed by atoms with E-state index in [0.717, 1.165) is 0 Å². The van der Waals surface area contributed by atoms with Crippen molar-refractivity contribution in [3.05, 3.63) is 70.6 Å². The van der Waals surface area contributed by atoms with Gasteiger partial charge in [0, 0.05) is 18.2 Å². The van der Waals surface area contributed by atoms with Crippen molar-refractivity contribution >= 4 is 47.5 Å². The predicted octanol–water partition coefficient (Wildman–Crippen LogP) is 0.348. The first kappa shape index (κ1) is 16.0. The number of carbonyl (C=O) groups excluding carboxylic acids is 6. The number of benzene rings is 2. The molecule has 3 heterocycles. The second kappa shape index (κ2) is 12.5. The lowest BCUT2D eigenvalue weighted by molar-refractivity contribution is -0.140. The van der Waals surface area contributed by atoms with Crippen molar-refractivity contribution in [2.75, 3.05) is 0 Å². The molecule has 0 bridgehead atoms. The van der Waals surface area contributed by atoms with Gasteiger partial charge in [-0.3, -0.25) is 39.0 Å². The minimum absolute atomic E-state index is 0.383. The number of carbonyl (C=O) groups is 8. The van der Waals surface area contributed by atoms with E-state index >= 15 is 0 Å². The molecular weight excluding hydrogens is 530 g/mol. The quantitative estimate of drug-likeness (QED) is 0.218. The fraction of sp³-hybridized carbons (Fsp3) is 0.231. The summed E-state index contributed by atoms with van der Waals surface area (Å²) < 4.78 is 100. The van der Waals surface area contributed by atoms with Crippen LogP contribution >= 0.6 is 0 Å². The first-order valence-electron chi connectivity index (χ1n) is 17.0. The summed E-state index contributed by atoms with van der Waals surface area (Å²) in [4.78, 5) is 91.7. The van der Waals surface area contributed by atoms with Gasteiger partial charge in [0.1, 0.15) is 12.1 Å². The number of imide groups is 2. The van der Waals surface area contributed by atoms with Crippen LogP contribution < -0.4 is 11.1 Å². The summed E-state index contributed by atoms with van der Waals surface area (Å²) in [6.45, 7) is 0. The lowest BCUT2D eigenvalue weighted by Crippen LogP contribution is -2.54. The molecule has 4 amide bonds. The van der Waals surface area contributed by atoms with E-state index in [1.807, 2.05) is 0 Å². The SMILES string of the molecule is [2H]C([2H])(CC([2H])(N)C(=O)O)C(=O)O.[2H]c1c([2H])c([2H])c2c(c1[2H])C(=O)N(C1CC([2H])([2H])C(=O)NC1=O)C2=O.[2H]c1c([2H])c([2H])c2c(c1[2H])C(=O)OC2=O. The summed E-state index contributed by atoms with van der Waals surface area (Å²) in [7, 11) is 0. The van der Waals surface area contributed by atoms with Gasteiger partial charge in [0.05, 0.1) is 34.6 Å². The van der Waals surface area contributed by atoms with E-state index in [-0.39, 0.29) is 11.1 Å². The molecule has 1 saturated heterocycles. The number of hydrogen-bond donors (Lipinski definition) is 4. The van der Waals surface area contributed by atoms with Crippen LogP contribution in [0.5, 0.6) is 0 Å². The molecule has 0 spiro atoms. The molecule has 0 aliphatic carbocycles. The van der Waals surface area contributed by atoms with Crippen molar-refractivity contribution in [2.24, 2.45) is 5.73 Å². The molecule has 14 heteroatoms. The molecule has 2 aromatic carbocycles. The zero-order valence-electron chi connectivity index (χ0n) is 32.6. The third kappa shape index (κ3) is 6.60. The smallest absolute Gasteiger partial charge is 0.346 e. The van der Waals surface area contributed by atoms with Gasteiger partial charge in [-0.1, -0.05) is 24.2 Å². The van der Waals surface area contributed by atoms with Crippen LogP contribution in [0.4, 0.5) is 0 Å². The van der Waals surface area contributed by atoms with Gasteiger partial charge >= 0.3 is 23.9 Å². The monoisotopic (exact) mass is 566 g/mol. The second-order valence-corrected chi connectivity index (χ2v) is 7.36. The summed E-state index contributed by atoms with van der Waals surface area (Å²) >= 11 is 0. The highest BCUT2D eigenvalue weighted by Crippen LogP contribution is 2.27. The third-order valence-electron chi connectivity index (χ3n) is 4.85. The van der Waals surface area contributed by atoms with E-state index in [2.05, 4.69) is 4.74 Å². The Hall–Kier alpha value is -5.24. The molecule has 0 radical (unpaired) electrons. The van der Waals surface area contributed by atoms with Crippen molar-refractivity contribution in [3.63, 3.8) is 0 Å². The van der Waals surface area contributed by atoms with Crippen LogP contribution in [0.25, 0.3) is 0 Å². The average Bonchev–Trinajstić information content (AvgIpc) is 3.49. The van der Waals surface area contributed by atoms with E-state index < -0.39 is 145 Å². The molecule has 1 fully saturated rings. The number of aliphatic carboxylic acids is 2. The molecule has 14 nitrogen and oxygen atoms in total. The van der Waals surface area contributed by atoms with Crippen LogP contribution in [0.1, 0.15) is 84.8 Å². The summed E-state index contributed by atoms with van der Waals surface area (Å²) in [6, 6.07) is -9.28. The highest BCUT2D eigenvalue weighted by Gasteiger charge is 2.44. The summed E-state index contributed by atoms with van der Waals surface area (Å²) in [5.74, 6) is -10.1. The number of fused-ring (bicyclic) bond motifs is 2. The summed E-state index contributed by atoms with van der Waals surface area (Å²) in [5.41, 5.74) is 2.94. The van der Waals surface area contributed by atoms with Crippen LogP contribution in [0.15, 0.2) is 48.3 Å². The summed E-state index contributed by atoms with van der Waals surface area (Å²) in [6.07, 6.45) is -7.17. The van der Waals surface area contributed by atoms with Crippen molar-refractivity contribution in [1.29, 1.82) is 0 Å². The topological polar surface area (TPSA) is 228 Å². The van der Waals surface area contributed by atoms with Crippen LogP contribution in [-0.4, -0.2) is 74.7 Å². The first-order chi connectivity index (χ1) is 24.0. The lowest BCUT2D eigenvalue weighted by atomic mass is 10.0. The van der Waals surface area contributed by atoms with Crippen LogP contribution in [-0.2, 0) is 23.9 Å². The van der Waals surface area contributed by atoms with E-state index in [9.17, 15) is 38.4 Å². The van der Waals surface area contributed by atoms with Crippen molar-refractivity contribution in [3.8, 4) is 0 Å². The Bertz CT molecular complexity index is 1940. The molecular formula is C26H23N3O11. The number of esters is 2. The average molecular weight is 567 g/mol. The molecule has 5 rings (SSSR count). The fourth-order valence-electron chi connectivity index (χ4n) is 3.03. The Kier molecular flexibility index (Phi) is 5.01. The molecule has 2 aromatic rings. The second-order valence-electron chi connectivity index (χ2n) is 7.36. The Morgan fingerprint density at radius 2 is 1.48 bits per heavy atom. The number of ether oxygens (including phenoxy) is 1. The van der Waals surface area contributed by atoms with E-state index in [4.69, 9.17) is 33.8 Å². The third-order valence-corrected chi connectivity index (χ3v) is 4.85. The van der Waals surface area contributed by atoms with Crippen molar-refractivity contribution in [1.82, 2.24) is 10.2 Å². The van der Waals surface area contributed by atoms with E-state index in [1.165, 1.54) is 0 Å². The lowest BCUT2D eigenvalue weighted by Gasteiger charge is -2.27. The molecule has 208 valence electrons. The van der Waals surface area contributed by atoms with Gasteiger partial charge in [-0.05, 0) is 37.0 Å². The fourth-order valence-corrected chi connectivity index (χ4v) is 3.03. The number of nitrogens with two attached hydrogens (primary N) is 1. The first-order valence-corrected chi connectivity index (χ1v) is 10.5. The minimum Gasteiger partial charge on any atom is -0.481 e. The number of nitrogens with one attached hydrogen (secondary N) is 1. The van der Waals surface area contributed by atoms with Crippen LogP contribution in [0.3, 0.4) is 0 Å². The highest BCUT2D eigenvalue weighted by molar-refractivity contribution is 6.23. The van der Waals surface area contributed by atoms with Gasteiger partial charge in [-0.25, -0.2) is 9.59 Å². The Morgan fingerprint density at radius 3 is 1.93 bits per heavy atom. The van der Waals surface area contributed by atoms with Gasteiger partial charge < -0.3 is 20.7 Å². The molecule has 2 unspecified atom stereocenters. The van der Waals surface area contributed by atoms with E-state index in [0.29, 0.717) is 4.90 Å². The maximum atomic E-state index is 12.6. The number of piperidine rings is 1. The minimum atomic E-state index is -2.81.